The molecule has 0 atom stereocenters. The first-order valence-corrected chi connectivity index (χ1v) is 8.42. The van der Waals surface area contributed by atoms with E-state index >= 15 is 0 Å². The molecule has 0 unspecified atom stereocenters. The van der Waals surface area contributed by atoms with Gasteiger partial charge in [0.1, 0.15) is 5.76 Å². The van der Waals surface area contributed by atoms with Gasteiger partial charge in [0.2, 0.25) is 8.32 Å². The largest absolute Gasteiger partial charge is 0.543 e. The molecule has 1 aromatic carbocycles. The number of hydrogen-bond donors (Lipinski definition) is 0. The van der Waals surface area contributed by atoms with E-state index in [1.165, 1.54) is 5.54 Å². The van der Waals surface area contributed by atoms with Gasteiger partial charge in [-0.3, -0.25) is 0 Å². The average Bonchev–Trinajstić information content (AvgIpc) is 2.14. The van der Waals surface area contributed by atoms with Crippen LogP contribution in [0.2, 0.25) is 19.6 Å². The van der Waals surface area contributed by atoms with Crippen molar-refractivity contribution < 1.29 is 4.43 Å². The molecule has 0 heterocycles. The molecule has 0 bridgehead atoms. The molecule has 1 nitrogen and oxygen atoms in total. The molecule has 0 saturated carbocycles. The number of hydrogen-bond acceptors (Lipinski definition) is 1. The fourth-order valence-corrected chi connectivity index (χ4v) is 2.16. The van der Waals surface area contributed by atoms with Crippen molar-refractivity contribution in [2.24, 2.45) is 0 Å². The Balaban J connectivity index is 2.85. The molecule has 0 fully saturated rings. The van der Waals surface area contributed by atoms with Crippen molar-refractivity contribution in [1.29, 1.82) is 0 Å². The lowest BCUT2D eigenvalue weighted by Gasteiger charge is -2.21. The van der Waals surface area contributed by atoms with Crippen LogP contribution in [-0.2, 0) is 4.43 Å². The van der Waals surface area contributed by atoms with Gasteiger partial charge >= 0.3 is 0 Å². The van der Waals surface area contributed by atoms with Gasteiger partial charge in [-0.2, -0.15) is 0 Å². The summed E-state index contributed by atoms with van der Waals surface area (Å²) in [6.07, 6.45) is 0. The zero-order chi connectivity index (χ0) is 10.6. The summed E-state index contributed by atoms with van der Waals surface area (Å²) in [5, 5.41) is 0. The second-order valence-corrected chi connectivity index (χ2v) is 8.70. The Morgan fingerprint density at radius 1 is 1.21 bits per heavy atom. The number of rotatable bonds is 3. The molecule has 0 amide bonds. The van der Waals surface area contributed by atoms with Crippen LogP contribution in [-0.4, -0.2) is 8.32 Å². The molecule has 0 saturated heterocycles. The molecule has 76 valence electrons. The van der Waals surface area contributed by atoms with Crippen molar-refractivity contribution in [3.05, 3.63) is 41.4 Å². The van der Waals surface area contributed by atoms with Crippen molar-refractivity contribution >= 4 is 25.7 Å². The van der Waals surface area contributed by atoms with E-state index in [4.69, 9.17) is 16.0 Å². The van der Waals surface area contributed by atoms with Gasteiger partial charge < -0.3 is 4.43 Å². The van der Waals surface area contributed by atoms with Crippen LogP contribution in [0.25, 0.3) is 5.76 Å². The minimum atomic E-state index is -1.58. The summed E-state index contributed by atoms with van der Waals surface area (Å²) in [5.41, 5.74) is 2.54. The molecule has 3 heteroatoms. The summed E-state index contributed by atoms with van der Waals surface area (Å²) in [6.45, 7) is 6.41. The highest BCUT2D eigenvalue weighted by molar-refractivity contribution is 6.70. The summed E-state index contributed by atoms with van der Waals surface area (Å²) in [7, 11) is -1.58. The van der Waals surface area contributed by atoms with Crippen LogP contribution < -0.4 is 0 Å². The molecule has 0 aliphatic carbocycles. The van der Waals surface area contributed by atoms with Crippen LogP contribution in [0.15, 0.2) is 35.9 Å². The molecule has 0 aliphatic rings. The van der Waals surface area contributed by atoms with Gasteiger partial charge in [0, 0.05) is 11.1 Å². The van der Waals surface area contributed by atoms with Crippen LogP contribution in [0.5, 0.6) is 0 Å². The first-order valence-electron chi connectivity index (χ1n) is 4.58. The zero-order valence-corrected chi connectivity index (χ0v) is 10.5. The molecule has 14 heavy (non-hydrogen) atoms. The predicted octanol–water partition coefficient (Wildman–Crippen LogP) is 4.08. The van der Waals surface area contributed by atoms with Crippen LogP contribution >= 0.6 is 11.6 Å². The molecular formula is C11H15ClOSi. The summed E-state index contributed by atoms with van der Waals surface area (Å²) in [4.78, 5) is 0. The quantitative estimate of drug-likeness (QED) is 0.558. The number of halogens is 1. The molecule has 0 aliphatic heterocycles. The molecule has 0 spiro atoms. The van der Waals surface area contributed by atoms with E-state index in [9.17, 15) is 0 Å². The van der Waals surface area contributed by atoms with Crippen molar-refractivity contribution in [3.63, 3.8) is 0 Å². The summed E-state index contributed by atoms with van der Waals surface area (Å²) >= 11 is 5.74. The lowest BCUT2D eigenvalue weighted by molar-refractivity contribution is 0.515. The van der Waals surface area contributed by atoms with E-state index in [2.05, 4.69) is 19.6 Å². The van der Waals surface area contributed by atoms with Gasteiger partial charge in [-0.05, 0) is 19.6 Å². The molecule has 1 rings (SSSR count). The van der Waals surface area contributed by atoms with Crippen LogP contribution in [0.3, 0.4) is 0 Å². The summed E-state index contributed by atoms with van der Waals surface area (Å²) < 4.78 is 5.84. The maximum Gasteiger partial charge on any atom is 0.242 e. The van der Waals surface area contributed by atoms with E-state index < -0.39 is 8.32 Å². The summed E-state index contributed by atoms with van der Waals surface area (Å²) in [5.74, 6) is 0.770. The van der Waals surface area contributed by atoms with Gasteiger partial charge in [-0.15, -0.1) is 0 Å². The van der Waals surface area contributed by atoms with Gasteiger partial charge in [0.15, 0.2) is 0 Å². The van der Waals surface area contributed by atoms with Crippen molar-refractivity contribution in [1.82, 2.24) is 0 Å². The Morgan fingerprint density at radius 3 is 2.21 bits per heavy atom. The van der Waals surface area contributed by atoms with Crippen LogP contribution in [0.4, 0.5) is 0 Å². The maximum absolute atomic E-state index is 5.84. The SMILES string of the molecule is C[Si](C)(C)O/C(=C/Cl)c1ccccc1. The zero-order valence-electron chi connectivity index (χ0n) is 8.75. The normalized spacial score (nSPS) is 12.7. The topological polar surface area (TPSA) is 9.23 Å². The van der Waals surface area contributed by atoms with E-state index in [1.807, 2.05) is 30.3 Å². The Labute approximate surface area is 91.5 Å². The summed E-state index contributed by atoms with van der Waals surface area (Å²) in [6, 6.07) is 9.92. The van der Waals surface area contributed by atoms with E-state index in [1.54, 1.807) is 0 Å². The third-order valence-electron chi connectivity index (χ3n) is 1.57. The highest BCUT2D eigenvalue weighted by Crippen LogP contribution is 2.21. The molecule has 1 aromatic rings. The van der Waals surface area contributed by atoms with Gasteiger partial charge in [-0.1, -0.05) is 41.9 Å². The number of benzene rings is 1. The highest BCUT2D eigenvalue weighted by atomic mass is 35.5. The van der Waals surface area contributed by atoms with Gasteiger partial charge in [0.25, 0.3) is 0 Å². The average molecular weight is 227 g/mol. The fraction of sp³-hybridized carbons (Fsp3) is 0.273. The second-order valence-electron chi connectivity index (χ2n) is 4.05. The fourth-order valence-electron chi connectivity index (χ4n) is 1.08. The monoisotopic (exact) mass is 226 g/mol. The maximum atomic E-state index is 5.84. The Morgan fingerprint density at radius 2 is 1.79 bits per heavy atom. The minimum Gasteiger partial charge on any atom is -0.543 e. The lowest BCUT2D eigenvalue weighted by Crippen LogP contribution is -2.24. The second kappa shape index (κ2) is 4.67. The lowest BCUT2D eigenvalue weighted by atomic mass is 10.2. The molecule has 0 radical (unpaired) electrons. The van der Waals surface area contributed by atoms with Crippen LogP contribution in [0, 0.1) is 0 Å². The van der Waals surface area contributed by atoms with Crippen LogP contribution in [0.1, 0.15) is 5.56 Å². The minimum absolute atomic E-state index is 0.770. The third kappa shape index (κ3) is 3.56. The molecular weight excluding hydrogens is 212 g/mol. The van der Waals surface area contributed by atoms with E-state index in [0.717, 1.165) is 11.3 Å². The predicted molar refractivity (Wildman–Crippen MR) is 64.7 cm³/mol. The van der Waals surface area contributed by atoms with Crippen molar-refractivity contribution in [2.45, 2.75) is 19.6 Å². The Hall–Kier alpha value is -0.733. The Kier molecular flexibility index (Phi) is 3.78. The van der Waals surface area contributed by atoms with Gasteiger partial charge in [0.05, 0.1) is 0 Å². The van der Waals surface area contributed by atoms with Crippen molar-refractivity contribution in [3.8, 4) is 0 Å². The van der Waals surface area contributed by atoms with E-state index in [-0.39, 0.29) is 0 Å². The van der Waals surface area contributed by atoms with E-state index in [0.29, 0.717) is 0 Å². The Bertz CT molecular complexity index is 314. The standard InChI is InChI=1S/C11H15ClOSi/c1-14(2,3)13-11(9-12)10-7-5-4-6-8-10/h4-9H,1-3H3/b11-9+. The smallest absolute Gasteiger partial charge is 0.242 e. The highest BCUT2D eigenvalue weighted by Gasteiger charge is 2.18. The van der Waals surface area contributed by atoms with Crippen molar-refractivity contribution in [2.75, 3.05) is 0 Å². The first kappa shape index (κ1) is 11.3. The molecule has 0 aromatic heterocycles. The molecule has 0 N–H and O–H groups in total. The first-order chi connectivity index (χ1) is 6.53. The van der Waals surface area contributed by atoms with Gasteiger partial charge in [-0.25, -0.2) is 0 Å². The third-order valence-corrected chi connectivity index (χ3v) is 2.60.